The Balaban J connectivity index is 4.34. The zero-order valence-electron chi connectivity index (χ0n) is 44.4. The number of phosphoric ester groups is 1. The Bertz CT molecular complexity index is 1690. The Morgan fingerprint density at radius 2 is 0.786 bits per heavy atom. The summed E-state index contributed by atoms with van der Waals surface area (Å²) in [5.74, 6) is -0.930. The van der Waals surface area contributed by atoms with E-state index in [0.29, 0.717) is 23.9 Å². The molecule has 2 unspecified atom stereocenters. The fraction of sp³-hybridized carbons (Fsp3) is 0.567. The number of esters is 2. The predicted molar refractivity (Wildman–Crippen MR) is 295 cm³/mol. The molecular weight excluding hydrogens is 894 g/mol. The Kier molecular flexibility index (Phi) is 46.9. The smallest absolute Gasteiger partial charge is 0.306 e. The molecule has 394 valence electrons. The van der Waals surface area contributed by atoms with Gasteiger partial charge in [-0.25, -0.2) is 0 Å². The van der Waals surface area contributed by atoms with Crippen LogP contribution in [-0.2, 0) is 32.7 Å². The number of carbonyl (C=O) groups is 2. The molecule has 0 amide bonds. The van der Waals surface area contributed by atoms with Crippen LogP contribution in [0.3, 0.4) is 0 Å². The normalized spacial score (nSPS) is 14.5. The zero-order valence-corrected chi connectivity index (χ0v) is 45.3. The minimum Gasteiger partial charge on any atom is -0.756 e. The summed E-state index contributed by atoms with van der Waals surface area (Å²) in [5.41, 5.74) is 0. The van der Waals surface area contributed by atoms with Crippen molar-refractivity contribution in [3.05, 3.63) is 146 Å². The average Bonchev–Trinajstić information content (AvgIpc) is 3.32. The second kappa shape index (κ2) is 49.9. The molecule has 70 heavy (non-hydrogen) atoms. The first kappa shape index (κ1) is 65.9. The number of ether oxygens (including phenoxy) is 2. The summed E-state index contributed by atoms with van der Waals surface area (Å²) in [6, 6.07) is 0. The van der Waals surface area contributed by atoms with Gasteiger partial charge in [-0.3, -0.25) is 14.2 Å². The lowest BCUT2D eigenvalue weighted by atomic mass is 10.1. The topological polar surface area (TPSA) is 111 Å². The van der Waals surface area contributed by atoms with Crippen molar-refractivity contribution in [2.45, 2.75) is 174 Å². The van der Waals surface area contributed by atoms with Crippen molar-refractivity contribution in [3.63, 3.8) is 0 Å². The largest absolute Gasteiger partial charge is 0.756 e. The van der Waals surface area contributed by atoms with Crippen LogP contribution in [0.25, 0.3) is 0 Å². The van der Waals surface area contributed by atoms with Gasteiger partial charge in [0.2, 0.25) is 0 Å². The first-order chi connectivity index (χ1) is 34.0. The Labute approximate surface area is 427 Å². The molecule has 10 heteroatoms. The standard InChI is InChI=1S/C60H96NO8P/c1-6-8-10-12-14-16-18-20-22-24-25-26-27-28-29-30-31-32-33-34-35-37-39-41-43-45-47-49-51-53-60(63)69-58(57-68-70(64,65)67-55-54-61(3,4)5)56-66-59(62)52-50-48-46-44-42-40-38-36-23-21-19-17-15-13-11-9-7-2/h8-11,14-17,20-23,25-26,28-29,31-32,34-35,38,40,44,46,58H,6-7,12-13,18-19,24,27,30,33,36-37,39,41-43,45,47-57H2,1-5H3/b10-8-,11-9-,16-14-,17-15-,22-20-,23-21-,26-25-,29-28-,32-31-,35-34-,40-38-,46-44-. The van der Waals surface area contributed by atoms with Gasteiger partial charge >= 0.3 is 11.9 Å². The van der Waals surface area contributed by atoms with Gasteiger partial charge in [-0.1, -0.05) is 192 Å². The number of phosphoric acid groups is 1. The van der Waals surface area contributed by atoms with Gasteiger partial charge in [-0.2, -0.15) is 0 Å². The van der Waals surface area contributed by atoms with Crippen LogP contribution in [0.5, 0.6) is 0 Å². The molecule has 2 atom stereocenters. The second-order valence-electron chi connectivity index (χ2n) is 18.1. The lowest BCUT2D eigenvalue weighted by molar-refractivity contribution is -0.870. The highest BCUT2D eigenvalue weighted by atomic mass is 31.2. The molecule has 0 aliphatic heterocycles. The van der Waals surface area contributed by atoms with E-state index in [9.17, 15) is 19.0 Å². The zero-order chi connectivity index (χ0) is 51.3. The quantitative estimate of drug-likeness (QED) is 0.0195. The van der Waals surface area contributed by atoms with E-state index in [1.54, 1.807) is 0 Å². The van der Waals surface area contributed by atoms with Gasteiger partial charge in [0.15, 0.2) is 6.10 Å². The molecule has 0 bridgehead atoms. The van der Waals surface area contributed by atoms with E-state index in [1.807, 2.05) is 27.2 Å². The number of nitrogens with zero attached hydrogens (tertiary/aromatic N) is 1. The van der Waals surface area contributed by atoms with Crippen molar-refractivity contribution in [2.24, 2.45) is 0 Å². The number of likely N-dealkylation sites (N-methyl/N-ethyl adjacent to an activating group) is 1. The molecule has 0 aromatic heterocycles. The van der Waals surface area contributed by atoms with Gasteiger partial charge in [-0.15, -0.1) is 0 Å². The minimum absolute atomic E-state index is 0.0512. The van der Waals surface area contributed by atoms with E-state index in [0.717, 1.165) is 116 Å². The van der Waals surface area contributed by atoms with Crippen LogP contribution >= 0.6 is 7.82 Å². The molecule has 0 spiro atoms. The van der Waals surface area contributed by atoms with Gasteiger partial charge in [0, 0.05) is 12.8 Å². The van der Waals surface area contributed by atoms with Crippen LogP contribution in [-0.4, -0.2) is 70.0 Å². The maximum Gasteiger partial charge on any atom is 0.306 e. The fourth-order valence-electron chi connectivity index (χ4n) is 6.32. The highest BCUT2D eigenvalue weighted by Gasteiger charge is 2.21. The Hall–Kier alpha value is -4.11. The van der Waals surface area contributed by atoms with E-state index < -0.39 is 32.5 Å². The summed E-state index contributed by atoms with van der Waals surface area (Å²) >= 11 is 0. The predicted octanol–water partition coefficient (Wildman–Crippen LogP) is 15.7. The molecule has 0 aromatic rings. The lowest BCUT2D eigenvalue weighted by Crippen LogP contribution is -2.37. The van der Waals surface area contributed by atoms with Gasteiger partial charge in [-0.05, 0) is 109 Å². The Morgan fingerprint density at radius 3 is 1.19 bits per heavy atom. The van der Waals surface area contributed by atoms with Crippen molar-refractivity contribution in [2.75, 3.05) is 47.5 Å². The van der Waals surface area contributed by atoms with Crippen molar-refractivity contribution in [3.8, 4) is 0 Å². The summed E-state index contributed by atoms with van der Waals surface area (Å²) in [5, 5.41) is 0. The summed E-state index contributed by atoms with van der Waals surface area (Å²) in [7, 11) is 1.10. The maximum atomic E-state index is 12.8. The van der Waals surface area contributed by atoms with Crippen LogP contribution in [0.4, 0.5) is 0 Å². The third kappa shape index (κ3) is 53.2. The molecule has 0 aliphatic carbocycles. The van der Waals surface area contributed by atoms with Gasteiger partial charge in [0.1, 0.15) is 19.8 Å². The lowest BCUT2D eigenvalue weighted by Gasteiger charge is -2.28. The monoisotopic (exact) mass is 990 g/mol. The molecular formula is C60H96NO8P. The average molecular weight is 990 g/mol. The number of rotatable bonds is 46. The summed E-state index contributed by atoms with van der Waals surface area (Å²) < 4.78 is 34.0. The third-order valence-electron chi connectivity index (χ3n) is 10.4. The van der Waals surface area contributed by atoms with Crippen LogP contribution in [0.2, 0.25) is 0 Å². The van der Waals surface area contributed by atoms with Crippen molar-refractivity contribution in [1.29, 1.82) is 0 Å². The first-order valence-electron chi connectivity index (χ1n) is 26.5. The molecule has 0 saturated carbocycles. The summed E-state index contributed by atoms with van der Waals surface area (Å²) in [6.07, 6.45) is 73.2. The number of unbranched alkanes of at least 4 members (excludes halogenated alkanes) is 8. The molecule has 0 radical (unpaired) electrons. The number of quaternary nitrogens is 1. The van der Waals surface area contributed by atoms with Crippen LogP contribution in [0.1, 0.15) is 168 Å². The van der Waals surface area contributed by atoms with E-state index in [2.05, 4.69) is 154 Å². The minimum atomic E-state index is -4.66. The number of allylic oxidation sites excluding steroid dienone is 24. The van der Waals surface area contributed by atoms with E-state index >= 15 is 0 Å². The summed E-state index contributed by atoms with van der Waals surface area (Å²) in [6.45, 7) is 3.89. The third-order valence-corrected chi connectivity index (χ3v) is 11.3. The summed E-state index contributed by atoms with van der Waals surface area (Å²) in [4.78, 5) is 37.7. The van der Waals surface area contributed by atoms with E-state index in [1.165, 1.54) is 12.8 Å². The highest BCUT2D eigenvalue weighted by Crippen LogP contribution is 2.38. The SMILES string of the molecule is CC/C=C\C/C=C\C/C=C\C/C=C\C/C=C\C/C=C\C/C=C\CCCCCCCCCC(=O)OC(COC(=O)CCC/C=C\C/C=C\C/C=C\C/C=C\C/C=C\CC)COP(=O)([O-])OCC[N+](C)(C)C. The molecule has 0 fully saturated rings. The highest BCUT2D eigenvalue weighted by molar-refractivity contribution is 7.45. The van der Waals surface area contributed by atoms with Gasteiger partial charge in [0.05, 0.1) is 27.7 Å². The maximum absolute atomic E-state index is 12.8. The molecule has 0 heterocycles. The van der Waals surface area contributed by atoms with Crippen LogP contribution in [0, 0.1) is 0 Å². The van der Waals surface area contributed by atoms with Crippen molar-refractivity contribution < 1.29 is 42.1 Å². The number of hydrogen-bond donors (Lipinski definition) is 0. The molecule has 0 N–H and O–H groups in total. The number of carbonyl (C=O) groups excluding carboxylic acids is 2. The molecule has 0 saturated heterocycles. The Morgan fingerprint density at radius 1 is 0.443 bits per heavy atom. The van der Waals surface area contributed by atoms with E-state index in [-0.39, 0.29) is 26.1 Å². The molecule has 0 aliphatic rings. The van der Waals surface area contributed by atoms with E-state index in [4.69, 9.17) is 18.5 Å². The fourth-order valence-corrected chi connectivity index (χ4v) is 7.04. The molecule has 0 rings (SSSR count). The second-order valence-corrected chi connectivity index (χ2v) is 19.5. The molecule has 9 nitrogen and oxygen atoms in total. The molecule has 0 aromatic carbocycles. The number of hydrogen-bond acceptors (Lipinski definition) is 8. The van der Waals surface area contributed by atoms with Gasteiger partial charge in [0.25, 0.3) is 7.82 Å². The van der Waals surface area contributed by atoms with Crippen LogP contribution < -0.4 is 4.89 Å². The van der Waals surface area contributed by atoms with Crippen molar-refractivity contribution in [1.82, 2.24) is 0 Å². The van der Waals surface area contributed by atoms with Crippen molar-refractivity contribution >= 4 is 19.8 Å². The van der Waals surface area contributed by atoms with Crippen LogP contribution in [0.15, 0.2) is 146 Å². The van der Waals surface area contributed by atoms with Gasteiger partial charge < -0.3 is 27.9 Å². The first-order valence-corrected chi connectivity index (χ1v) is 28.0.